The lowest BCUT2D eigenvalue weighted by Crippen LogP contribution is -2.43. The van der Waals surface area contributed by atoms with Gasteiger partial charge in [-0.25, -0.2) is 13.2 Å². The SMILES string of the molecule is COC(=O)c1ccc(NC(=O)C2CCCN2S(=O)(=O)c2ccc(OC)c(OC)c2)c(O)c1. The molecule has 0 aliphatic carbocycles. The van der Waals surface area contributed by atoms with Crippen molar-refractivity contribution in [2.45, 2.75) is 23.8 Å². The summed E-state index contributed by atoms with van der Waals surface area (Å²) >= 11 is 0. The van der Waals surface area contributed by atoms with Gasteiger partial charge in [0.15, 0.2) is 11.5 Å². The van der Waals surface area contributed by atoms with Gasteiger partial charge in [0.1, 0.15) is 11.8 Å². The summed E-state index contributed by atoms with van der Waals surface area (Å²) in [5, 5.41) is 12.7. The second-order valence-corrected chi connectivity index (χ2v) is 8.89. The Morgan fingerprint density at radius 2 is 1.78 bits per heavy atom. The van der Waals surface area contributed by atoms with E-state index in [2.05, 4.69) is 10.1 Å². The highest BCUT2D eigenvalue weighted by Gasteiger charge is 2.40. The number of phenols is 1. The van der Waals surface area contributed by atoms with E-state index in [-0.39, 0.29) is 34.2 Å². The molecule has 1 aliphatic rings. The van der Waals surface area contributed by atoms with E-state index in [9.17, 15) is 23.1 Å². The third-order valence-electron chi connectivity index (χ3n) is 5.14. The Kier molecular flexibility index (Phi) is 6.90. The van der Waals surface area contributed by atoms with E-state index in [0.717, 1.165) is 10.4 Å². The lowest BCUT2D eigenvalue weighted by Gasteiger charge is -2.24. The molecule has 10 nitrogen and oxygen atoms in total. The molecule has 0 saturated carbocycles. The van der Waals surface area contributed by atoms with Crippen LogP contribution < -0.4 is 14.8 Å². The number of hydrogen-bond acceptors (Lipinski definition) is 8. The minimum Gasteiger partial charge on any atom is -0.506 e. The van der Waals surface area contributed by atoms with Crippen molar-refractivity contribution in [3.63, 3.8) is 0 Å². The van der Waals surface area contributed by atoms with Crippen molar-refractivity contribution in [2.24, 2.45) is 0 Å². The number of hydrogen-bond donors (Lipinski definition) is 2. The second-order valence-electron chi connectivity index (χ2n) is 7.00. The molecule has 1 amide bonds. The third kappa shape index (κ3) is 4.48. The summed E-state index contributed by atoms with van der Waals surface area (Å²) in [6, 6.07) is 7.15. The van der Waals surface area contributed by atoms with Gasteiger partial charge >= 0.3 is 5.97 Å². The van der Waals surface area contributed by atoms with Crippen molar-refractivity contribution >= 4 is 27.6 Å². The Hall–Kier alpha value is -3.31. The molecular formula is C21H24N2O8S. The molecule has 2 aromatic carbocycles. The number of anilines is 1. The molecule has 1 fully saturated rings. The largest absolute Gasteiger partial charge is 0.506 e. The fraction of sp³-hybridized carbons (Fsp3) is 0.333. The number of rotatable bonds is 7. The molecule has 0 bridgehead atoms. The summed E-state index contributed by atoms with van der Waals surface area (Å²) in [6.45, 7) is 0.169. The highest BCUT2D eigenvalue weighted by atomic mass is 32.2. The molecule has 2 N–H and O–H groups in total. The zero-order valence-corrected chi connectivity index (χ0v) is 18.6. The number of ether oxygens (including phenoxy) is 3. The van der Waals surface area contributed by atoms with E-state index >= 15 is 0 Å². The van der Waals surface area contributed by atoms with Crippen LogP contribution in [0.5, 0.6) is 17.2 Å². The molecule has 0 radical (unpaired) electrons. The number of aromatic hydroxyl groups is 1. The van der Waals surface area contributed by atoms with E-state index in [1.54, 1.807) is 0 Å². The molecule has 172 valence electrons. The van der Waals surface area contributed by atoms with Crippen molar-refractivity contribution in [2.75, 3.05) is 33.2 Å². The predicted octanol–water partition coefficient (Wildman–Crippen LogP) is 1.99. The number of amides is 1. The normalized spacial score (nSPS) is 16.4. The summed E-state index contributed by atoms with van der Waals surface area (Å²) in [5.74, 6) is -0.931. The summed E-state index contributed by atoms with van der Waals surface area (Å²) in [4.78, 5) is 24.4. The molecule has 1 aliphatic heterocycles. The Labute approximate surface area is 185 Å². The molecule has 32 heavy (non-hydrogen) atoms. The first kappa shape index (κ1) is 23.4. The summed E-state index contributed by atoms with van der Waals surface area (Å²) in [7, 11) is 0.0555. The Bertz CT molecular complexity index is 1130. The molecule has 11 heteroatoms. The van der Waals surface area contributed by atoms with Gasteiger partial charge in [0.05, 0.1) is 37.5 Å². The first-order valence-electron chi connectivity index (χ1n) is 9.69. The van der Waals surface area contributed by atoms with E-state index in [0.29, 0.717) is 18.6 Å². The van der Waals surface area contributed by atoms with Crippen LogP contribution in [0.2, 0.25) is 0 Å². The van der Waals surface area contributed by atoms with Crippen LogP contribution in [0.1, 0.15) is 23.2 Å². The lowest BCUT2D eigenvalue weighted by molar-refractivity contribution is -0.119. The molecule has 1 unspecified atom stereocenters. The maximum atomic E-state index is 13.2. The average molecular weight is 464 g/mol. The first-order valence-corrected chi connectivity index (χ1v) is 11.1. The zero-order valence-electron chi connectivity index (χ0n) is 17.8. The van der Waals surface area contributed by atoms with Crippen molar-refractivity contribution in [3.05, 3.63) is 42.0 Å². The van der Waals surface area contributed by atoms with Crippen molar-refractivity contribution in [1.29, 1.82) is 0 Å². The van der Waals surface area contributed by atoms with E-state index < -0.39 is 27.9 Å². The lowest BCUT2D eigenvalue weighted by atomic mass is 10.1. The molecule has 1 saturated heterocycles. The number of carbonyl (C=O) groups is 2. The van der Waals surface area contributed by atoms with E-state index in [1.807, 2.05) is 0 Å². The van der Waals surface area contributed by atoms with Gasteiger partial charge in [-0.15, -0.1) is 0 Å². The monoisotopic (exact) mass is 464 g/mol. The van der Waals surface area contributed by atoms with Gasteiger partial charge in [-0.1, -0.05) is 0 Å². The number of nitrogens with zero attached hydrogens (tertiary/aromatic N) is 1. The van der Waals surface area contributed by atoms with Crippen molar-refractivity contribution in [3.8, 4) is 17.2 Å². The number of carbonyl (C=O) groups excluding carboxylic acids is 2. The Balaban J connectivity index is 1.83. The second kappa shape index (κ2) is 9.45. The number of phenolic OH excluding ortho intramolecular Hbond substituents is 1. The Morgan fingerprint density at radius 1 is 1.06 bits per heavy atom. The summed E-state index contributed by atoms with van der Waals surface area (Å²) < 4.78 is 42.5. The molecule has 0 aromatic heterocycles. The van der Waals surface area contributed by atoms with Crippen LogP contribution in [0.4, 0.5) is 5.69 Å². The Morgan fingerprint density at radius 3 is 2.41 bits per heavy atom. The molecular weight excluding hydrogens is 440 g/mol. The quantitative estimate of drug-likeness (QED) is 0.470. The first-order chi connectivity index (χ1) is 15.2. The third-order valence-corrected chi connectivity index (χ3v) is 7.05. The molecule has 1 atom stereocenters. The zero-order chi connectivity index (χ0) is 23.5. The van der Waals surface area contributed by atoms with Gasteiger partial charge in [0.25, 0.3) is 0 Å². The van der Waals surface area contributed by atoms with Gasteiger partial charge in [0.2, 0.25) is 15.9 Å². The van der Waals surface area contributed by atoms with Crippen LogP contribution in [0.3, 0.4) is 0 Å². The minimum absolute atomic E-state index is 0.0277. The van der Waals surface area contributed by atoms with Crippen LogP contribution >= 0.6 is 0 Å². The smallest absolute Gasteiger partial charge is 0.337 e. The van der Waals surface area contributed by atoms with E-state index in [4.69, 9.17) is 9.47 Å². The number of methoxy groups -OCH3 is 3. The van der Waals surface area contributed by atoms with Crippen LogP contribution in [0.15, 0.2) is 41.3 Å². The fourth-order valence-electron chi connectivity index (χ4n) is 3.50. The maximum Gasteiger partial charge on any atom is 0.337 e. The number of nitrogens with one attached hydrogen (secondary N) is 1. The van der Waals surface area contributed by atoms with Gasteiger partial charge in [-0.2, -0.15) is 4.31 Å². The van der Waals surface area contributed by atoms with Gasteiger partial charge < -0.3 is 24.6 Å². The van der Waals surface area contributed by atoms with Crippen LogP contribution in [-0.4, -0.2) is 63.6 Å². The van der Waals surface area contributed by atoms with Crippen LogP contribution in [0.25, 0.3) is 0 Å². The minimum atomic E-state index is -4.00. The van der Waals surface area contributed by atoms with Crippen molar-refractivity contribution < 1.29 is 37.3 Å². The molecule has 2 aromatic rings. The van der Waals surface area contributed by atoms with Gasteiger partial charge in [-0.05, 0) is 43.2 Å². The predicted molar refractivity (Wildman–Crippen MR) is 115 cm³/mol. The van der Waals surface area contributed by atoms with Crippen molar-refractivity contribution in [1.82, 2.24) is 4.31 Å². The van der Waals surface area contributed by atoms with Crippen LogP contribution in [-0.2, 0) is 19.6 Å². The maximum absolute atomic E-state index is 13.2. The van der Waals surface area contributed by atoms with Gasteiger partial charge in [-0.3, -0.25) is 4.79 Å². The highest BCUT2D eigenvalue weighted by Crippen LogP contribution is 2.33. The van der Waals surface area contributed by atoms with Gasteiger partial charge in [0, 0.05) is 12.6 Å². The number of benzene rings is 2. The van der Waals surface area contributed by atoms with Crippen LogP contribution in [0, 0.1) is 0 Å². The summed E-state index contributed by atoms with van der Waals surface area (Å²) in [5.41, 5.74) is 0.166. The van der Waals surface area contributed by atoms with E-state index in [1.165, 1.54) is 51.7 Å². The molecule has 3 rings (SSSR count). The topological polar surface area (TPSA) is 131 Å². The number of esters is 1. The fourth-order valence-corrected chi connectivity index (χ4v) is 5.17. The molecule has 1 heterocycles. The highest BCUT2D eigenvalue weighted by molar-refractivity contribution is 7.89. The summed E-state index contributed by atoms with van der Waals surface area (Å²) in [6.07, 6.45) is 0.817. The average Bonchev–Trinajstić information content (AvgIpc) is 3.30. The standard InChI is InChI=1S/C21H24N2O8S/c1-29-18-9-7-14(12-19(18)30-2)32(27,28)23-10-4-5-16(23)20(25)22-15-8-6-13(11-17(15)24)21(26)31-3/h6-9,11-12,16,24H,4-5,10H2,1-3H3,(H,22,25). The number of sulfonamides is 1. The molecule has 0 spiro atoms.